The Bertz CT molecular complexity index is 1640. The molecule has 5 rings (SSSR count). The minimum Gasteiger partial charge on any atom is -0.408 e. The van der Waals surface area contributed by atoms with E-state index in [2.05, 4.69) is 15.2 Å². The topological polar surface area (TPSA) is 111 Å². The van der Waals surface area contributed by atoms with E-state index >= 15 is 0 Å². The van der Waals surface area contributed by atoms with E-state index in [9.17, 15) is 14.4 Å². The quantitative estimate of drug-likeness (QED) is 0.305. The standard InChI is InChI=1S/C29H28ClN5O4/c1-17(36)35(14-4-13-34(2)3)21-9-7-20(8-10-21)31-27(18-5-12-25-24(15-18)33-29(38)39-25)26-22-11-6-19(30)16-23(22)32-28(26)37/h5-12,15-16,26H,4,13-14H2,1-3H3,(H,32,37)(H,33,38). The highest BCUT2D eigenvalue weighted by atomic mass is 35.5. The van der Waals surface area contributed by atoms with E-state index in [0.717, 1.165) is 24.2 Å². The van der Waals surface area contributed by atoms with Crippen molar-refractivity contribution in [2.45, 2.75) is 19.3 Å². The van der Waals surface area contributed by atoms with Gasteiger partial charge in [-0.15, -0.1) is 0 Å². The molecule has 10 heteroatoms. The van der Waals surface area contributed by atoms with Gasteiger partial charge in [-0.25, -0.2) is 4.79 Å². The van der Waals surface area contributed by atoms with Gasteiger partial charge in [0, 0.05) is 29.9 Å². The molecule has 200 valence electrons. The van der Waals surface area contributed by atoms with E-state index in [0.29, 0.717) is 45.3 Å². The van der Waals surface area contributed by atoms with E-state index in [1.807, 2.05) is 44.4 Å². The number of amides is 2. The number of fused-ring (bicyclic) bond motifs is 2. The second-order valence-corrected chi connectivity index (χ2v) is 10.2. The van der Waals surface area contributed by atoms with Crippen LogP contribution in [0.2, 0.25) is 5.02 Å². The fraction of sp³-hybridized carbons (Fsp3) is 0.241. The van der Waals surface area contributed by atoms with Crippen LogP contribution in [0.3, 0.4) is 0 Å². The SMILES string of the molecule is CC(=O)N(CCCN(C)C)c1ccc(N=C(c2ccc3oc(=O)[nH]c3c2)C2C(=O)Nc3cc(Cl)ccc32)cc1. The molecule has 0 bridgehead atoms. The van der Waals surface area contributed by atoms with Crippen LogP contribution in [0.5, 0.6) is 0 Å². The zero-order valence-corrected chi connectivity index (χ0v) is 22.6. The van der Waals surface area contributed by atoms with Gasteiger partial charge in [0.2, 0.25) is 11.8 Å². The molecular weight excluding hydrogens is 518 g/mol. The molecule has 4 aromatic rings. The van der Waals surface area contributed by atoms with E-state index in [1.54, 1.807) is 42.2 Å². The lowest BCUT2D eigenvalue weighted by atomic mass is 9.90. The van der Waals surface area contributed by atoms with Gasteiger partial charge in [0.15, 0.2) is 5.58 Å². The molecule has 0 saturated carbocycles. The second kappa shape index (κ2) is 10.9. The molecule has 1 atom stereocenters. The number of carbonyl (C=O) groups excluding carboxylic acids is 2. The Balaban J connectivity index is 1.55. The maximum atomic E-state index is 13.2. The third-order valence-corrected chi connectivity index (χ3v) is 6.85. The number of nitrogens with zero attached hydrogens (tertiary/aromatic N) is 3. The van der Waals surface area contributed by atoms with Crippen molar-refractivity contribution >= 4 is 57.3 Å². The van der Waals surface area contributed by atoms with Crippen LogP contribution in [0.15, 0.2) is 74.9 Å². The maximum Gasteiger partial charge on any atom is 0.417 e. The fourth-order valence-electron chi connectivity index (χ4n) is 4.77. The van der Waals surface area contributed by atoms with Crippen LogP contribution in [0.25, 0.3) is 11.1 Å². The van der Waals surface area contributed by atoms with E-state index in [1.165, 1.54) is 0 Å². The number of aromatic nitrogens is 1. The smallest absolute Gasteiger partial charge is 0.408 e. The van der Waals surface area contributed by atoms with Gasteiger partial charge >= 0.3 is 5.76 Å². The lowest BCUT2D eigenvalue weighted by Crippen LogP contribution is -2.31. The lowest BCUT2D eigenvalue weighted by molar-refractivity contribution is -0.117. The Morgan fingerprint density at radius 3 is 2.51 bits per heavy atom. The van der Waals surface area contributed by atoms with Gasteiger partial charge in [0.25, 0.3) is 0 Å². The highest BCUT2D eigenvalue weighted by Crippen LogP contribution is 2.38. The Morgan fingerprint density at radius 2 is 1.79 bits per heavy atom. The molecular formula is C29H28ClN5O4. The van der Waals surface area contributed by atoms with Gasteiger partial charge in [-0.2, -0.15) is 0 Å². The van der Waals surface area contributed by atoms with Gasteiger partial charge in [-0.3, -0.25) is 19.6 Å². The Kier molecular flexibility index (Phi) is 7.36. The number of aromatic amines is 1. The number of halogens is 1. The minimum absolute atomic E-state index is 0.0361. The molecule has 39 heavy (non-hydrogen) atoms. The molecule has 2 heterocycles. The van der Waals surface area contributed by atoms with Crippen molar-refractivity contribution < 1.29 is 14.0 Å². The van der Waals surface area contributed by atoms with Crippen LogP contribution in [-0.2, 0) is 9.59 Å². The van der Waals surface area contributed by atoms with Crippen molar-refractivity contribution in [1.29, 1.82) is 0 Å². The fourth-order valence-corrected chi connectivity index (χ4v) is 4.94. The highest BCUT2D eigenvalue weighted by Gasteiger charge is 2.35. The van der Waals surface area contributed by atoms with Crippen LogP contribution in [0, 0.1) is 0 Å². The number of anilines is 2. The van der Waals surface area contributed by atoms with E-state index in [4.69, 9.17) is 21.0 Å². The average molecular weight is 546 g/mol. The first-order chi connectivity index (χ1) is 18.7. The molecule has 3 aromatic carbocycles. The predicted molar refractivity (Wildman–Crippen MR) is 153 cm³/mol. The molecule has 0 spiro atoms. The molecule has 1 aliphatic rings. The summed E-state index contributed by atoms with van der Waals surface area (Å²) in [6, 6.07) is 17.8. The maximum absolute atomic E-state index is 13.2. The van der Waals surface area contributed by atoms with Crippen molar-refractivity contribution in [1.82, 2.24) is 9.88 Å². The summed E-state index contributed by atoms with van der Waals surface area (Å²) in [5.74, 6) is -1.53. The third kappa shape index (κ3) is 5.64. The zero-order valence-electron chi connectivity index (χ0n) is 21.8. The summed E-state index contributed by atoms with van der Waals surface area (Å²) in [7, 11) is 4.00. The summed E-state index contributed by atoms with van der Waals surface area (Å²) in [5.41, 5.74) is 4.84. The number of nitrogens with one attached hydrogen (secondary N) is 2. The average Bonchev–Trinajstić information content (AvgIpc) is 3.42. The third-order valence-electron chi connectivity index (χ3n) is 6.61. The Morgan fingerprint density at radius 1 is 1.03 bits per heavy atom. The Hall–Kier alpha value is -4.21. The number of hydrogen-bond donors (Lipinski definition) is 2. The monoisotopic (exact) mass is 545 g/mol. The van der Waals surface area contributed by atoms with Crippen molar-refractivity contribution in [2.75, 3.05) is 37.4 Å². The van der Waals surface area contributed by atoms with E-state index in [-0.39, 0.29) is 11.8 Å². The first kappa shape index (κ1) is 26.4. The van der Waals surface area contributed by atoms with Crippen LogP contribution < -0.4 is 16.0 Å². The molecule has 0 radical (unpaired) electrons. The number of benzene rings is 3. The highest BCUT2D eigenvalue weighted by molar-refractivity contribution is 6.31. The van der Waals surface area contributed by atoms with Gasteiger partial charge < -0.3 is 19.5 Å². The largest absolute Gasteiger partial charge is 0.417 e. The summed E-state index contributed by atoms with van der Waals surface area (Å²) < 4.78 is 5.15. The van der Waals surface area contributed by atoms with Gasteiger partial charge in [-0.1, -0.05) is 17.7 Å². The molecule has 1 unspecified atom stereocenters. The number of carbonyl (C=O) groups is 2. The molecule has 2 N–H and O–H groups in total. The lowest BCUT2D eigenvalue weighted by Gasteiger charge is -2.22. The molecule has 0 aliphatic carbocycles. The van der Waals surface area contributed by atoms with E-state index < -0.39 is 11.7 Å². The molecule has 1 aliphatic heterocycles. The number of hydrogen-bond acceptors (Lipinski definition) is 6. The molecule has 2 amide bonds. The Labute approximate surface area is 230 Å². The van der Waals surface area contributed by atoms with Crippen molar-refractivity contribution in [2.24, 2.45) is 4.99 Å². The minimum atomic E-state index is -0.701. The summed E-state index contributed by atoms with van der Waals surface area (Å²) in [4.78, 5) is 48.7. The molecule has 0 fully saturated rings. The van der Waals surface area contributed by atoms with Crippen molar-refractivity contribution in [3.05, 3.63) is 87.4 Å². The van der Waals surface area contributed by atoms with Crippen LogP contribution in [0.4, 0.5) is 17.1 Å². The van der Waals surface area contributed by atoms with Crippen LogP contribution >= 0.6 is 11.6 Å². The number of aliphatic imine (C=N–C) groups is 1. The molecule has 9 nitrogen and oxygen atoms in total. The van der Waals surface area contributed by atoms with Crippen molar-refractivity contribution in [3.8, 4) is 0 Å². The van der Waals surface area contributed by atoms with Crippen molar-refractivity contribution in [3.63, 3.8) is 0 Å². The predicted octanol–water partition coefficient (Wildman–Crippen LogP) is 4.94. The number of H-pyrrole nitrogens is 1. The number of rotatable bonds is 8. The summed E-state index contributed by atoms with van der Waals surface area (Å²) in [6.45, 7) is 3.03. The normalized spacial score (nSPS) is 15.1. The van der Waals surface area contributed by atoms with Crippen LogP contribution in [-0.4, -0.2) is 54.6 Å². The van der Waals surface area contributed by atoms with Gasteiger partial charge in [0.1, 0.15) is 5.92 Å². The number of oxazole rings is 1. The second-order valence-electron chi connectivity index (χ2n) is 9.72. The van der Waals surface area contributed by atoms with Crippen LogP contribution in [0.1, 0.15) is 30.4 Å². The summed E-state index contributed by atoms with van der Waals surface area (Å²) in [5, 5.41) is 3.42. The molecule has 0 saturated heterocycles. The first-order valence-corrected chi connectivity index (χ1v) is 12.9. The summed E-state index contributed by atoms with van der Waals surface area (Å²) >= 11 is 6.17. The molecule has 1 aromatic heterocycles. The zero-order chi connectivity index (χ0) is 27.7. The van der Waals surface area contributed by atoms with Gasteiger partial charge in [0.05, 0.1) is 16.9 Å². The first-order valence-electron chi connectivity index (χ1n) is 12.5. The van der Waals surface area contributed by atoms with Gasteiger partial charge in [-0.05, 0) is 92.8 Å². The summed E-state index contributed by atoms with van der Waals surface area (Å²) in [6.07, 6.45) is 0.843.